The highest BCUT2D eigenvalue weighted by atomic mass is 16.5. The van der Waals surface area contributed by atoms with Crippen LogP contribution in [0.1, 0.15) is 43.2 Å². The zero-order valence-corrected chi connectivity index (χ0v) is 10.0. The van der Waals surface area contributed by atoms with Crippen LogP contribution in [-0.4, -0.2) is 6.10 Å². The minimum Gasteiger partial charge on any atom is -0.490 e. The minimum atomic E-state index is 0.404. The molecule has 0 aromatic heterocycles. The number of rotatable bonds is 3. The molecule has 2 heteroatoms. The van der Waals surface area contributed by atoms with Gasteiger partial charge in [0.05, 0.1) is 6.10 Å². The van der Waals surface area contributed by atoms with Crippen molar-refractivity contribution in [2.24, 2.45) is 5.73 Å². The first-order valence-electron chi connectivity index (χ1n) is 6.26. The van der Waals surface area contributed by atoms with Crippen molar-refractivity contribution in [3.05, 3.63) is 29.3 Å². The van der Waals surface area contributed by atoms with E-state index in [1.165, 1.54) is 37.7 Å². The monoisotopic (exact) mass is 219 g/mol. The molecule has 16 heavy (non-hydrogen) atoms. The Balaban J connectivity index is 2.07. The first-order valence-corrected chi connectivity index (χ1v) is 6.26. The lowest BCUT2D eigenvalue weighted by atomic mass is 9.97. The van der Waals surface area contributed by atoms with E-state index in [0.29, 0.717) is 12.6 Å². The zero-order valence-electron chi connectivity index (χ0n) is 10.0. The molecule has 1 aromatic carbocycles. The molecule has 1 saturated carbocycles. The largest absolute Gasteiger partial charge is 0.490 e. The van der Waals surface area contributed by atoms with Crippen molar-refractivity contribution in [2.75, 3.05) is 0 Å². The summed E-state index contributed by atoms with van der Waals surface area (Å²) in [4.78, 5) is 0. The second-order valence-corrected chi connectivity index (χ2v) is 4.69. The first-order chi connectivity index (χ1) is 7.79. The summed E-state index contributed by atoms with van der Waals surface area (Å²) in [5.41, 5.74) is 8.12. The van der Waals surface area contributed by atoms with Crippen molar-refractivity contribution in [3.63, 3.8) is 0 Å². The molecule has 0 amide bonds. The summed E-state index contributed by atoms with van der Waals surface area (Å²) in [6, 6.07) is 6.28. The van der Waals surface area contributed by atoms with Crippen LogP contribution >= 0.6 is 0 Å². The van der Waals surface area contributed by atoms with Crippen molar-refractivity contribution >= 4 is 0 Å². The Kier molecular flexibility index (Phi) is 3.83. The summed E-state index contributed by atoms with van der Waals surface area (Å²) < 4.78 is 6.05. The molecule has 0 unspecified atom stereocenters. The molecule has 0 heterocycles. The molecule has 0 spiro atoms. The summed E-state index contributed by atoms with van der Waals surface area (Å²) in [5, 5.41) is 0. The fourth-order valence-electron chi connectivity index (χ4n) is 2.35. The third kappa shape index (κ3) is 2.76. The standard InChI is InChI=1S/C14H21NO/c1-11-7-8-14(12(9-11)10-15)16-13-5-3-2-4-6-13/h7-9,13H,2-6,10,15H2,1H3. The van der Waals surface area contributed by atoms with Gasteiger partial charge in [-0.15, -0.1) is 0 Å². The SMILES string of the molecule is Cc1ccc(OC2CCCCC2)c(CN)c1. The molecule has 0 aliphatic heterocycles. The molecule has 2 N–H and O–H groups in total. The van der Waals surface area contributed by atoms with Gasteiger partial charge in [-0.3, -0.25) is 0 Å². The molecule has 1 fully saturated rings. The molecule has 0 radical (unpaired) electrons. The second-order valence-electron chi connectivity index (χ2n) is 4.69. The van der Waals surface area contributed by atoms with E-state index in [4.69, 9.17) is 10.5 Å². The highest BCUT2D eigenvalue weighted by molar-refractivity contribution is 5.36. The molecular formula is C14H21NO. The van der Waals surface area contributed by atoms with E-state index < -0.39 is 0 Å². The van der Waals surface area contributed by atoms with Crippen molar-refractivity contribution in [3.8, 4) is 5.75 Å². The summed E-state index contributed by atoms with van der Waals surface area (Å²) >= 11 is 0. The van der Waals surface area contributed by atoms with Gasteiger partial charge in [0, 0.05) is 12.1 Å². The minimum absolute atomic E-state index is 0.404. The zero-order chi connectivity index (χ0) is 11.4. The Morgan fingerprint density at radius 2 is 2.00 bits per heavy atom. The van der Waals surface area contributed by atoms with Crippen LogP contribution in [0, 0.1) is 6.92 Å². The summed E-state index contributed by atoms with van der Waals surface area (Å²) in [6.45, 7) is 2.65. The second kappa shape index (κ2) is 5.35. The highest BCUT2D eigenvalue weighted by Gasteiger charge is 2.15. The number of ether oxygens (including phenoxy) is 1. The van der Waals surface area contributed by atoms with Crippen LogP contribution in [0.4, 0.5) is 0 Å². The lowest BCUT2D eigenvalue weighted by Crippen LogP contribution is -2.20. The summed E-state index contributed by atoms with van der Waals surface area (Å²) in [6.07, 6.45) is 6.75. The smallest absolute Gasteiger partial charge is 0.124 e. The number of aryl methyl sites for hydroxylation is 1. The fraction of sp³-hybridized carbons (Fsp3) is 0.571. The molecule has 0 saturated heterocycles. The van der Waals surface area contributed by atoms with Crippen LogP contribution in [0.3, 0.4) is 0 Å². The topological polar surface area (TPSA) is 35.2 Å². The van der Waals surface area contributed by atoms with Crippen LogP contribution < -0.4 is 10.5 Å². The van der Waals surface area contributed by atoms with Crippen LogP contribution in [0.15, 0.2) is 18.2 Å². The molecule has 0 atom stereocenters. The number of nitrogens with two attached hydrogens (primary N) is 1. The van der Waals surface area contributed by atoms with Crippen molar-refractivity contribution in [2.45, 2.75) is 51.7 Å². The Bertz CT molecular complexity index is 343. The Labute approximate surface area is 97.8 Å². The summed E-state index contributed by atoms with van der Waals surface area (Å²) in [7, 11) is 0. The van der Waals surface area contributed by atoms with E-state index >= 15 is 0 Å². The molecule has 1 aromatic rings. The van der Waals surface area contributed by atoms with E-state index in [9.17, 15) is 0 Å². The van der Waals surface area contributed by atoms with Gasteiger partial charge in [0.15, 0.2) is 0 Å². The van der Waals surface area contributed by atoms with E-state index in [1.807, 2.05) is 0 Å². The van der Waals surface area contributed by atoms with Crippen LogP contribution in [0.25, 0.3) is 0 Å². The Hall–Kier alpha value is -1.02. The normalized spacial score (nSPS) is 17.4. The van der Waals surface area contributed by atoms with Crippen LogP contribution in [0.5, 0.6) is 5.75 Å². The van der Waals surface area contributed by atoms with Gasteiger partial charge in [-0.25, -0.2) is 0 Å². The van der Waals surface area contributed by atoms with Gasteiger partial charge in [0.25, 0.3) is 0 Å². The predicted octanol–water partition coefficient (Wildman–Crippen LogP) is 3.17. The van der Waals surface area contributed by atoms with Crippen LogP contribution in [0.2, 0.25) is 0 Å². The van der Waals surface area contributed by atoms with Gasteiger partial charge in [0.2, 0.25) is 0 Å². The first kappa shape index (κ1) is 11.5. The third-order valence-electron chi connectivity index (χ3n) is 3.28. The van der Waals surface area contributed by atoms with E-state index in [0.717, 1.165) is 11.3 Å². The lowest BCUT2D eigenvalue weighted by molar-refractivity contribution is 0.153. The van der Waals surface area contributed by atoms with E-state index in [-0.39, 0.29) is 0 Å². The van der Waals surface area contributed by atoms with Gasteiger partial charge in [-0.05, 0) is 38.7 Å². The van der Waals surface area contributed by atoms with Crippen molar-refractivity contribution < 1.29 is 4.74 Å². The lowest BCUT2D eigenvalue weighted by Gasteiger charge is -2.24. The molecule has 0 bridgehead atoms. The average Bonchev–Trinajstić information content (AvgIpc) is 2.33. The third-order valence-corrected chi connectivity index (χ3v) is 3.28. The predicted molar refractivity (Wildman–Crippen MR) is 66.6 cm³/mol. The maximum absolute atomic E-state index is 6.05. The van der Waals surface area contributed by atoms with Gasteiger partial charge in [-0.1, -0.05) is 24.1 Å². The van der Waals surface area contributed by atoms with Gasteiger partial charge in [0.1, 0.15) is 5.75 Å². The quantitative estimate of drug-likeness (QED) is 0.847. The molecular weight excluding hydrogens is 198 g/mol. The Morgan fingerprint density at radius 1 is 1.25 bits per heavy atom. The van der Waals surface area contributed by atoms with Gasteiger partial charge in [-0.2, -0.15) is 0 Å². The highest BCUT2D eigenvalue weighted by Crippen LogP contribution is 2.26. The summed E-state index contributed by atoms with van der Waals surface area (Å²) in [5.74, 6) is 0.986. The molecule has 1 aliphatic carbocycles. The van der Waals surface area contributed by atoms with Crippen molar-refractivity contribution in [1.82, 2.24) is 0 Å². The fourth-order valence-corrected chi connectivity index (χ4v) is 2.35. The van der Waals surface area contributed by atoms with Crippen LogP contribution in [-0.2, 0) is 6.54 Å². The van der Waals surface area contributed by atoms with Crippen molar-refractivity contribution in [1.29, 1.82) is 0 Å². The number of benzene rings is 1. The average molecular weight is 219 g/mol. The molecule has 2 rings (SSSR count). The van der Waals surface area contributed by atoms with Gasteiger partial charge >= 0.3 is 0 Å². The van der Waals surface area contributed by atoms with E-state index in [1.54, 1.807) is 0 Å². The van der Waals surface area contributed by atoms with Gasteiger partial charge < -0.3 is 10.5 Å². The van der Waals surface area contributed by atoms with E-state index in [2.05, 4.69) is 25.1 Å². The molecule has 88 valence electrons. The Morgan fingerprint density at radius 3 is 2.69 bits per heavy atom. The number of hydrogen-bond acceptors (Lipinski definition) is 2. The maximum atomic E-state index is 6.05. The maximum Gasteiger partial charge on any atom is 0.124 e. The molecule has 1 aliphatic rings. The number of hydrogen-bond donors (Lipinski definition) is 1. The molecule has 2 nitrogen and oxygen atoms in total.